The largest absolute Gasteiger partial charge is 0.379 e. The summed E-state index contributed by atoms with van der Waals surface area (Å²) in [7, 11) is 1.77. The molecule has 0 aromatic carbocycles. The van der Waals surface area contributed by atoms with Crippen LogP contribution < -0.4 is 10.6 Å². The van der Waals surface area contributed by atoms with Crippen LogP contribution in [-0.4, -0.2) is 63.8 Å². The quantitative estimate of drug-likeness (QED) is 0.555. The molecular formula is C14H25N5O. The minimum atomic E-state index is -0.165. The zero-order valence-corrected chi connectivity index (χ0v) is 12.3. The van der Waals surface area contributed by atoms with Gasteiger partial charge in [0.25, 0.3) is 0 Å². The lowest BCUT2D eigenvalue weighted by molar-refractivity contribution is 0.0389. The number of hydrogen-bond acceptors (Lipinski definition) is 4. The molecule has 0 aromatic rings. The fourth-order valence-electron chi connectivity index (χ4n) is 2.56. The fraction of sp³-hybridized carbons (Fsp3) is 0.857. The standard InChI is InChI=1S/C14H25N5O/c1-16-13(18-12-14(11-15)3-2-4-14)17-5-6-19-7-9-20-10-8-19/h2-10,12H2,1H3,(H2,16,17,18). The van der Waals surface area contributed by atoms with E-state index in [0.29, 0.717) is 6.54 Å². The first-order valence-corrected chi connectivity index (χ1v) is 7.44. The molecule has 0 atom stereocenters. The van der Waals surface area contributed by atoms with Crippen LogP contribution in [0.3, 0.4) is 0 Å². The van der Waals surface area contributed by atoms with Crippen molar-refractivity contribution < 1.29 is 4.74 Å². The van der Waals surface area contributed by atoms with E-state index in [4.69, 9.17) is 4.74 Å². The Kier molecular flexibility index (Phi) is 5.62. The average Bonchev–Trinajstić information content (AvgIpc) is 2.45. The molecule has 20 heavy (non-hydrogen) atoms. The third-order valence-corrected chi connectivity index (χ3v) is 4.19. The Bertz CT molecular complexity index is 366. The van der Waals surface area contributed by atoms with Crippen LogP contribution in [0.25, 0.3) is 0 Å². The molecule has 1 saturated carbocycles. The van der Waals surface area contributed by atoms with Crippen molar-refractivity contribution in [3.63, 3.8) is 0 Å². The lowest BCUT2D eigenvalue weighted by atomic mass is 9.70. The molecule has 6 heteroatoms. The van der Waals surface area contributed by atoms with Crippen molar-refractivity contribution in [1.29, 1.82) is 5.26 Å². The van der Waals surface area contributed by atoms with Crippen LogP contribution in [0.2, 0.25) is 0 Å². The summed E-state index contributed by atoms with van der Waals surface area (Å²) in [6.07, 6.45) is 3.17. The second-order valence-corrected chi connectivity index (χ2v) is 5.55. The molecule has 112 valence electrons. The zero-order valence-electron chi connectivity index (χ0n) is 12.3. The van der Waals surface area contributed by atoms with E-state index in [1.54, 1.807) is 7.05 Å². The van der Waals surface area contributed by atoms with Gasteiger partial charge in [0, 0.05) is 39.8 Å². The Morgan fingerprint density at radius 2 is 2.10 bits per heavy atom. The lowest BCUT2D eigenvalue weighted by Crippen LogP contribution is -2.48. The van der Waals surface area contributed by atoms with Gasteiger partial charge < -0.3 is 15.4 Å². The van der Waals surface area contributed by atoms with Crippen LogP contribution in [0.15, 0.2) is 4.99 Å². The lowest BCUT2D eigenvalue weighted by Gasteiger charge is -2.35. The number of ether oxygens (including phenoxy) is 1. The molecule has 1 heterocycles. The summed E-state index contributed by atoms with van der Waals surface area (Å²) in [5.74, 6) is 0.791. The van der Waals surface area contributed by atoms with Gasteiger partial charge in [-0.05, 0) is 12.8 Å². The maximum absolute atomic E-state index is 9.20. The molecule has 0 spiro atoms. The second kappa shape index (κ2) is 7.46. The van der Waals surface area contributed by atoms with E-state index in [2.05, 4.69) is 26.6 Å². The van der Waals surface area contributed by atoms with Gasteiger partial charge in [-0.1, -0.05) is 6.42 Å². The molecule has 1 aliphatic heterocycles. The topological polar surface area (TPSA) is 72.7 Å². The van der Waals surface area contributed by atoms with Crippen LogP contribution in [0.4, 0.5) is 0 Å². The first-order chi connectivity index (χ1) is 9.78. The molecule has 6 nitrogen and oxygen atoms in total. The summed E-state index contributed by atoms with van der Waals surface area (Å²) in [5.41, 5.74) is -0.165. The molecule has 1 saturated heterocycles. The zero-order chi connectivity index (χ0) is 14.3. The molecule has 2 N–H and O–H groups in total. The highest BCUT2D eigenvalue weighted by molar-refractivity contribution is 5.79. The molecule has 2 aliphatic rings. The summed E-state index contributed by atoms with van der Waals surface area (Å²) in [6.45, 7) is 6.22. The highest BCUT2D eigenvalue weighted by Crippen LogP contribution is 2.39. The number of rotatable bonds is 5. The van der Waals surface area contributed by atoms with Gasteiger partial charge in [0.2, 0.25) is 0 Å². The minimum Gasteiger partial charge on any atom is -0.379 e. The van der Waals surface area contributed by atoms with E-state index in [9.17, 15) is 5.26 Å². The van der Waals surface area contributed by atoms with Crippen LogP contribution in [0.5, 0.6) is 0 Å². The van der Waals surface area contributed by atoms with E-state index in [-0.39, 0.29) is 5.41 Å². The number of hydrogen-bond donors (Lipinski definition) is 2. The third-order valence-electron chi connectivity index (χ3n) is 4.19. The highest BCUT2D eigenvalue weighted by Gasteiger charge is 2.37. The van der Waals surface area contributed by atoms with Crippen molar-refractivity contribution in [2.45, 2.75) is 19.3 Å². The van der Waals surface area contributed by atoms with E-state index < -0.39 is 0 Å². The van der Waals surface area contributed by atoms with Crippen LogP contribution in [0.1, 0.15) is 19.3 Å². The molecule has 2 fully saturated rings. The summed E-state index contributed by atoms with van der Waals surface area (Å²) in [5, 5.41) is 15.8. The van der Waals surface area contributed by atoms with Gasteiger partial charge in [-0.15, -0.1) is 0 Å². The van der Waals surface area contributed by atoms with Gasteiger partial charge in [0.05, 0.1) is 24.7 Å². The Labute approximate surface area is 121 Å². The van der Waals surface area contributed by atoms with Crippen LogP contribution in [-0.2, 0) is 4.74 Å². The smallest absolute Gasteiger partial charge is 0.191 e. The first kappa shape index (κ1) is 15.1. The van der Waals surface area contributed by atoms with Crippen molar-refractivity contribution in [2.24, 2.45) is 10.4 Å². The minimum absolute atomic E-state index is 0.165. The molecule has 2 rings (SSSR count). The Morgan fingerprint density at radius 1 is 1.35 bits per heavy atom. The van der Waals surface area contributed by atoms with Gasteiger partial charge in [-0.25, -0.2) is 0 Å². The van der Waals surface area contributed by atoms with Gasteiger partial charge in [-0.3, -0.25) is 9.89 Å². The molecule has 1 aliphatic carbocycles. The summed E-state index contributed by atoms with van der Waals surface area (Å²) < 4.78 is 5.33. The Hall–Kier alpha value is -1.32. The van der Waals surface area contributed by atoms with E-state index in [1.807, 2.05) is 0 Å². The maximum Gasteiger partial charge on any atom is 0.191 e. The fourth-order valence-corrected chi connectivity index (χ4v) is 2.56. The van der Waals surface area contributed by atoms with Crippen molar-refractivity contribution in [1.82, 2.24) is 15.5 Å². The summed E-state index contributed by atoms with van der Waals surface area (Å²) in [6, 6.07) is 2.43. The van der Waals surface area contributed by atoms with Gasteiger partial charge in [-0.2, -0.15) is 5.26 Å². The predicted octanol–water partition coefficient (Wildman–Crippen LogP) is 0.177. The van der Waals surface area contributed by atoms with Crippen LogP contribution >= 0.6 is 0 Å². The van der Waals surface area contributed by atoms with E-state index in [1.165, 1.54) is 0 Å². The Morgan fingerprint density at radius 3 is 2.65 bits per heavy atom. The monoisotopic (exact) mass is 279 g/mol. The van der Waals surface area contributed by atoms with Gasteiger partial charge in [0.1, 0.15) is 0 Å². The van der Waals surface area contributed by atoms with Crippen molar-refractivity contribution in [3.05, 3.63) is 0 Å². The maximum atomic E-state index is 9.20. The number of nitrogens with zero attached hydrogens (tertiary/aromatic N) is 3. The van der Waals surface area contributed by atoms with Crippen molar-refractivity contribution in [2.75, 3.05) is 53.0 Å². The molecule has 0 amide bonds. The van der Waals surface area contributed by atoms with E-state index >= 15 is 0 Å². The molecule has 0 unspecified atom stereocenters. The Balaban J connectivity index is 1.63. The SMILES string of the molecule is CN=C(NCCN1CCOCC1)NCC1(C#N)CCC1. The van der Waals surface area contributed by atoms with Gasteiger partial charge >= 0.3 is 0 Å². The first-order valence-electron chi connectivity index (χ1n) is 7.44. The van der Waals surface area contributed by atoms with Crippen LogP contribution in [0, 0.1) is 16.7 Å². The van der Waals surface area contributed by atoms with Gasteiger partial charge in [0.15, 0.2) is 5.96 Å². The molecule has 0 aromatic heterocycles. The average molecular weight is 279 g/mol. The molecule has 0 bridgehead atoms. The van der Waals surface area contributed by atoms with E-state index in [0.717, 1.165) is 64.6 Å². The summed E-state index contributed by atoms with van der Waals surface area (Å²) >= 11 is 0. The number of morpholine rings is 1. The summed E-state index contributed by atoms with van der Waals surface area (Å²) in [4.78, 5) is 6.59. The second-order valence-electron chi connectivity index (χ2n) is 5.55. The van der Waals surface area contributed by atoms with Crippen molar-refractivity contribution in [3.8, 4) is 6.07 Å². The third kappa shape index (κ3) is 4.09. The molecular weight excluding hydrogens is 254 g/mol. The number of aliphatic imine (C=N–C) groups is 1. The number of nitrogens with one attached hydrogen (secondary N) is 2. The highest BCUT2D eigenvalue weighted by atomic mass is 16.5. The normalized spacial score (nSPS) is 22.7. The number of guanidine groups is 1. The molecule has 0 radical (unpaired) electrons. The number of nitriles is 1. The predicted molar refractivity (Wildman–Crippen MR) is 78.5 cm³/mol. The van der Waals surface area contributed by atoms with Crippen molar-refractivity contribution >= 4 is 5.96 Å².